The van der Waals surface area contributed by atoms with Crippen molar-refractivity contribution in [2.45, 2.75) is 44.8 Å². The first-order chi connectivity index (χ1) is 17.3. The second kappa shape index (κ2) is 14.0. The van der Waals surface area contributed by atoms with Crippen LogP contribution in [-0.2, 0) is 19.4 Å². The van der Waals surface area contributed by atoms with E-state index in [-0.39, 0.29) is 107 Å². The van der Waals surface area contributed by atoms with E-state index in [2.05, 4.69) is 28.5 Å². The molecule has 0 aromatic carbocycles. The summed E-state index contributed by atoms with van der Waals surface area (Å²) in [6.45, 7) is 8.41. The van der Waals surface area contributed by atoms with E-state index in [1.807, 2.05) is 11.8 Å². The SMILES string of the molecule is C=[C-]c1ccc(F)cn1.CC(Cl)=[C-][C@@H]1CCN(CS(=O)(=O)CCC(=O)N2CCC3(C2)OC3(F)F)C[C@@H]1C.[K+]. The van der Waals surface area contributed by atoms with Crippen LogP contribution in [-0.4, -0.2) is 78.6 Å². The van der Waals surface area contributed by atoms with Gasteiger partial charge in [-0.15, -0.1) is 23.4 Å². The molecule has 3 aliphatic heterocycles. The summed E-state index contributed by atoms with van der Waals surface area (Å²) in [5.74, 6) is -0.701. The van der Waals surface area contributed by atoms with Crippen LogP contribution in [0.1, 0.15) is 38.8 Å². The number of allylic oxidation sites excluding steroid dienone is 2. The third kappa shape index (κ3) is 9.37. The van der Waals surface area contributed by atoms with Crippen molar-refractivity contribution in [3.8, 4) is 0 Å². The Hall–Kier alpha value is -0.314. The fraction of sp³-hybridized carbons (Fsp3) is 0.600. The van der Waals surface area contributed by atoms with Crippen molar-refractivity contribution >= 4 is 27.3 Å². The molecule has 0 N–H and O–H groups in total. The molecule has 0 aliphatic carbocycles. The molecule has 3 saturated heterocycles. The number of carbonyl (C=O) groups is 1. The number of epoxide rings is 1. The number of hydrogen-bond donors (Lipinski definition) is 0. The van der Waals surface area contributed by atoms with E-state index in [0.717, 1.165) is 12.6 Å². The van der Waals surface area contributed by atoms with Gasteiger partial charge in [0.15, 0.2) is 15.4 Å². The number of likely N-dealkylation sites (tertiary alicyclic amines) is 2. The van der Waals surface area contributed by atoms with E-state index in [9.17, 15) is 26.4 Å². The molecule has 1 amide bonds. The molecular weight excluding hydrogens is 570 g/mol. The van der Waals surface area contributed by atoms with E-state index in [1.165, 1.54) is 17.0 Å². The third-order valence-electron chi connectivity index (χ3n) is 6.69. The largest absolute Gasteiger partial charge is 1.00 e. The average Bonchev–Trinajstić information content (AvgIpc) is 3.12. The van der Waals surface area contributed by atoms with Gasteiger partial charge in [0.05, 0.1) is 18.5 Å². The maximum absolute atomic E-state index is 13.2. The summed E-state index contributed by atoms with van der Waals surface area (Å²) in [6.07, 6.45) is 4.35. The number of rotatable bonds is 7. The number of ether oxygens (including phenoxy) is 1. The van der Waals surface area contributed by atoms with Crippen LogP contribution in [0.3, 0.4) is 0 Å². The molecule has 13 heteroatoms. The fourth-order valence-electron chi connectivity index (χ4n) is 4.58. The minimum Gasteiger partial charge on any atom is -0.478 e. The predicted octanol–water partition coefficient (Wildman–Crippen LogP) is 0.809. The first-order valence-corrected chi connectivity index (χ1v) is 14.1. The van der Waals surface area contributed by atoms with Crippen LogP contribution >= 0.6 is 11.6 Å². The van der Waals surface area contributed by atoms with E-state index >= 15 is 0 Å². The van der Waals surface area contributed by atoms with Crippen LogP contribution in [0.2, 0.25) is 0 Å². The molecule has 3 fully saturated rings. The predicted molar refractivity (Wildman–Crippen MR) is 133 cm³/mol. The molecule has 1 unspecified atom stereocenters. The summed E-state index contributed by atoms with van der Waals surface area (Å²) < 4.78 is 67.9. The third-order valence-corrected chi connectivity index (χ3v) is 8.38. The summed E-state index contributed by atoms with van der Waals surface area (Å²) in [5.41, 5.74) is -0.981. The Labute approximate surface area is 270 Å². The smallest absolute Gasteiger partial charge is 0.478 e. The number of sulfone groups is 1. The zero-order chi connectivity index (χ0) is 27.4. The van der Waals surface area contributed by atoms with Gasteiger partial charge in [0.25, 0.3) is 0 Å². The first-order valence-electron chi connectivity index (χ1n) is 11.9. The minimum atomic E-state index is -3.46. The van der Waals surface area contributed by atoms with Gasteiger partial charge in [-0.3, -0.25) is 14.7 Å². The van der Waals surface area contributed by atoms with Gasteiger partial charge < -0.3 is 15.7 Å². The monoisotopic (exact) mass is 600 g/mol. The number of amides is 1. The van der Waals surface area contributed by atoms with Crippen molar-refractivity contribution in [3.05, 3.63) is 53.6 Å². The average molecular weight is 601 g/mol. The molecular formula is C25H31ClF3KN3O4S-. The Morgan fingerprint density at radius 2 is 2.03 bits per heavy atom. The Bertz CT molecular complexity index is 1120. The second-order valence-corrected chi connectivity index (χ2v) is 12.4. The van der Waals surface area contributed by atoms with Crippen molar-refractivity contribution in [3.63, 3.8) is 0 Å². The Morgan fingerprint density at radius 3 is 2.53 bits per heavy atom. The molecule has 1 aromatic heterocycles. The van der Waals surface area contributed by atoms with Crippen LogP contribution in [0.5, 0.6) is 0 Å². The van der Waals surface area contributed by atoms with Gasteiger partial charge >= 0.3 is 57.5 Å². The summed E-state index contributed by atoms with van der Waals surface area (Å²) in [4.78, 5) is 19.0. The first kappa shape index (κ1) is 33.9. The normalized spacial score (nSPS) is 26.8. The van der Waals surface area contributed by atoms with E-state index < -0.39 is 27.5 Å². The van der Waals surface area contributed by atoms with E-state index in [1.54, 1.807) is 6.92 Å². The van der Waals surface area contributed by atoms with E-state index in [0.29, 0.717) is 23.8 Å². The maximum Gasteiger partial charge on any atom is 1.00 e. The molecule has 1 aromatic rings. The van der Waals surface area contributed by atoms with Crippen LogP contribution in [0.15, 0.2) is 29.9 Å². The fourth-order valence-corrected chi connectivity index (χ4v) is 6.12. The molecule has 4 rings (SSSR count). The topological polar surface area (TPSA) is 83.1 Å². The van der Waals surface area contributed by atoms with Crippen molar-refractivity contribution < 1.29 is 82.5 Å². The van der Waals surface area contributed by atoms with Gasteiger partial charge in [-0.05, 0) is 13.1 Å². The number of alkyl halides is 2. The van der Waals surface area contributed by atoms with Crippen LogP contribution in [0.25, 0.3) is 0 Å². The molecule has 7 nitrogen and oxygen atoms in total. The quantitative estimate of drug-likeness (QED) is 0.262. The van der Waals surface area contributed by atoms with Gasteiger partial charge in [-0.2, -0.15) is 32.4 Å². The molecule has 3 atom stereocenters. The Balaban J connectivity index is 0.000000430. The zero-order valence-electron chi connectivity index (χ0n) is 21.9. The number of nitrogens with zero attached hydrogens (tertiary/aromatic N) is 3. The number of piperidine rings is 1. The number of aromatic nitrogens is 1. The molecule has 38 heavy (non-hydrogen) atoms. The van der Waals surface area contributed by atoms with Gasteiger partial charge in [-0.1, -0.05) is 26.2 Å². The molecule has 0 saturated carbocycles. The summed E-state index contributed by atoms with van der Waals surface area (Å²) in [5, 5.41) is 0.620. The number of hydrogen-bond acceptors (Lipinski definition) is 6. The van der Waals surface area contributed by atoms with Crippen molar-refractivity contribution in [2.24, 2.45) is 11.8 Å². The Kier molecular flexibility index (Phi) is 12.5. The summed E-state index contributed by atoms with van der Waals surface area (Å²) >= 11 is 5.89. The molecule has 206 valence electrons. The molecule has 3 aliphatic rings. The van der Waals surface area contributed by atoms with Crippen molar-refractivity contribution in [1.29, 1.82) is 0 Å². The molecule has 0 bridgehead atoms. The zero-order valence-corrected chi connectivity index (χ0v) is 26.5. The van der Waals surface area contributed by atoms with Gasteiger partial charge in [0.2, 0.25) is 5.91 Å². The summed E-state index contributed by atoms with van der Waals surface area (Å²) in [6, 6.07) is 2.84. The molecule has 1 spiro atoms. The van der Waals surface area contributed by atoms with Gasteiger partial charge in [-0.25, -0.2) is 18.9 Å². The standard InChI is InChI=1S/C18H26ClF2N2O4S.C7H5FN.K/c1-13-10-22(6-3-15(13)9-14(2)19)12-28(25,26)8-4-16(24)23-7-5-17(11-23)18(20,21)27-17;1-2-7-4-3-6(8)5-9-7;/h13,15H,3-8,10-12H2,1-2H3;3-5H,1H2;/q2*-1;+1/t13-,15-,17?;;/m0../s1. The minimum absolute atomic E-state index is 0. The Morgan fingerprint density at radius 1 is 1.34 bits per heavy atom. The van der Waals surface area contributed by atoms with Gasteiger partial charge in [0, 0.05) is 19.4 Å². The number of pyridine rings is 1. The van der Waals surface area contributed by atoms with Gasteiger partial charge in [0.1, 0.15) is 11.7 Å². The maximum atomic E-state index is 13.2. The molecule has 0 radical (unpaired) electrons. The number of halogens is 4. The summed E-state index contributed by atoms with van der Waals surface area (Å²) in [7, 11) is -3.46. The van der Waals surface area contributed by atoms with E-state index in [4.69, 9.17) is 11.6 Å². The van der Waals surface area contributed by atoms with Crippen molar-refractivity contribution in [1.82, 2.24) is 14.8 Å². The van der Waals surface area contributed by atoms with Crippen LogP contribution in [0.4, 0.5) is 13.2 Å². The van der Waals surface area contributed by atoms with Crippen molar-refractivity contribution in [2.75, 3.05) is 37.8 Å². The van der Waals surface area contributed by atoms with Crippen LogP contribution < -0.4 is 51.4 Å². The molecule has 4 heterocycles. The van der Waals surface area contributed by atoms with Crippen LogP contribution in [0, 0.1) is 29.8 Å². The number of carbonyl (C=O) groups excluding carboxylic acids is 1. The second-order valence-electron chi connectivity index (χ2n) is 9.67.